The number of nitrogens with zero attached hydrogens (tertiary/aromatic N) is 3. The Kier molecular flexibility index (Phi) is 3.71. The van der Waals surface area contributed by atoms with Gasteiger partial charge in [-0.25, -0.2) is 4.98 Å². The molecule has 0 N–H and O–H groups in total. The molecule has 0 aliphatic carbocycles. The monoisotopic (exact) mass is 299 g/mol. The van der Waals surface area contributed by atoms with Gasteiger partial charge in [0.05, 0.1) is 22.3 Å². The lowest BCUT2D eigenvalue weighted by molar-refractivity contribution is 0.518. The van der Waals surface area contributed by atoms with E-state index in [9.17, 15) is 4.79 Å². The number of hydrogen-bond acceptors (Lipinski definition) is 3. The minimum Gasteiger partial charge on any atom is -0.295 e. The number of hydrogen-bond donors (Lipinski definition) is 0. The second-order valence-corrected chi connectivity index (χ2v) is 5.37. The van der Waals surface area contributed by atoms with E-state index < -0.39 is 0 Å². The average Bonchev–Trinajstić information content (AvgIpc) is 2.48. The molecule has 0 amide bonds. The summed E-state index contributed by atoms with van der Waals surface area (Å²) in [5.41, 5.74) is 1.44. The lowest BCUT2D eigenvalue weighted by Crippen LogP contribution is -2.25. The van der Waals surface area contributed by atoms with Crippen LogP contribution in [0.4, 0.5) is 0 Å². The molecule has 0 spiro atoms. The number of rotatable bonds is 3. The molecule has 3 aromatic rings. The van der Waals surface area contributed by atoms with E-state index >= 15 is 0 Å². The van der Waals surface area contributed by atoms with Crippen LogP contribution < -0.4 is 5.56 Å². The van der Waals surface area contributed by atoms with Gasteiger partial charge >= 0.3 is 0 Å². The van der Waals surface area contributed by atoms with Crippen molar-refractivity contribution >= 4 is 22.5 Å². The van der Waals surface area contributed by atoms with E-state index in [0.717, 1.165) is 5.69 Å². The molecular formula is C16H14ClN3O. The first-order chi connectivity index (χ1) is 10.2. The highest BCUT2D eigenvalue weighted by molar-refractivity contribution is 6.35. The number of pyridine rings is 1. The Labute approximate surface area is 127 Å². The Morgan fingerprint density at radius 1 is 1.19 bits per heavy atom. The van der Waals surface area contributed by atoms with Gasteiger partial charge < -0.3 is 0 Å². The Bertz CT molecular complexity index is 830. The molecule has 1 atom stereocenters. The van der Waals surface area contributed by atoms with Crippen molar-refractivity contribution in [3.8, 4) is 0 Å². The van der Waals surface area contributed by atoms with Crippen molar-refractivity contribution in [2.45, 2.75) is 19.4 Å². The molecule has 4 nitrogen and oxygen atoms in total. The largest absolute Gasteiger partial charge is 0.295 e. The minimum atomic E-state index is -0.117. The molecule has 0 saturated carbocycles. The van der Waals surface area contributed by atoms with Crippen LogP contribution in [0.3, 0.4) is 0 Å². The third-order valence-corrected chi connectivity index (χ3v) is 3.78. The summed E-state index contributed by atoms with van der Waals surface area (Å²) in [6.45, 7) is 1.97. The van der Waals surface area contributed by atoms with Crippen LogP contribution in [0.25, 0.3) is 10.9 Å². The molecule has 106 valence electrons. The molecule has 2 aromatic heterocycles. The van der Waals surface area contributed by atoms with Crippen molar-refractivity contribution in [1.82, 2.24) is 14.5 Å². The van der Waals surface area contributed by atoms with Crippen molar-refractivity contribution in [3.63, 3.8) is 0 Å². The molecule has 0 bridgehead atoms. The predicted molar refractivity (Wildman–Crippen MR) is 83.7 cm³/mol. The predicted octanol–water partition coefficient (Wildman–Crippen LogP) is 3.25. The van der Waals surface area contributed by atoms with Crippen molar-refractivity contribution in [2.24, 2.45) is 0 Å². The zero-order valence-corrected chi connectivity index (χ0v) is 12.3. The van der Waals surface area contributed by atoms with Gasteiger partial charge in [0.25, 0.3) is 5.56 Å². The normalized spacial score (nSPS) is 12.5. The Hall–Kier alpha value is -2.20. The number of halogens is 1. The van der Waals surface area contributed by atoms with E-state index in [2.05, 4.69) is 9.97 Å². The number of fused-ring (bicyclic) bond motifs is 1. The fraction of sp³-hybridized carbons (Fsp3) is 0.188. The summed E-state index contributed by atoms with van der Waals surface area (Å²) in [6, 6.07) is 11.0. The second-order valence-electron chi connectivity index (χ2n) is 4.97. The molecule has 21 heavy (non-hydrogen) atoms. The first kappa shape index (κ1) is 13.8. The van der Waals surface area contributed by atoms with E-state index in [-0.39, 0.29) is 11.6 Å². The summed E-state index contributed by atoms with van der Waals surface area (Å²) in [5, 5.41) is 0.902. The molecule has 5 heteroatoms. The van der Waals surface area contributed by atoms with Crippen LogP contribution in [-0.4, -0.2) is 14.5 Å². The van der Waals surface area contributed by atoms with Crippen LogP contribution >= 0.6 is 11.6 Å². The molecule has 1 aromatic carbocycles. The van der Waals surface area contributed by atoms with E-state index in [0.29, 0.717) is 22.3 Å². The van der Waals surface area contributed by atoms with Crippen molar-refractivity contribution < 1.29 is 0 Å². The highest BCUT2D eigenvalue weighted by atomic mass is 35.5. The Morgan fingerprint density at radius 2 is 2.05 bits per heavy atom. The smallest absolute Gasteiger partial charge is 0.262 e. The number of benzene rings is 1. The third-order valence-electron chi connectivity index (χ3n) is 3.47. The lowest BCUT2D eigenvalue weighted by Gasteiger charge is -2.15. The molecule has 0 aliphatic rings. The second kappa shape index (κ2) is 5.66. The standard InChI is InChI=1S/C16H14ClN3O/c1-11(9-12-5-2-3-8-18-12)20-10-19-14-7-4-6-13(17)15(14)16(20)21/h2-8,10-11H,9H2,1H3. The van der Waals surface area contributed by atoms with Crippen LogP contribution in [0, 0.1) is 0 Å². The summed E-state index contributed by atoms with van der Waals surface area (Å²) in [5.74, 6) is 0. The van der Waals surface area contributed by atoms with Crippen LogP contribution in [0.5, 0.6) is 0 Å². The van der Waals surface area contributed by atoms with Gasteiger partial charge in [0.1, 0.15) is 0 Å². The summed E-state index contributed by atoms with van der Waals surface area (Å²) in [7, 11) is 0. The maximum atomic E-state index is 12.6. The summed E-state index contributed by atoms with van der Waals surface area (Å²) < 4.78 is 1.61. The zero-order chi connectivity index (χ0) is 14.8. The molecule has 0 fully saturated rings. The van der Waals surface area contributed by atoms with E-state index in [1.54, 1.807) is 35.3 Å². The van der Waals surface area contributed by atoms with Gasteiger partial charge in [-0.2, -0.15) is 0 Å². The van der Waals surface area contributed by atoms with Gasteiger partial charge in [0.2, 0.25) is 0 Å². The highest BCUT2D eigenvalue weighted by Crippen LogP contribution is 2.19. The van der Waals surface area contributed by atoms with Crippen LogP contribution in [0.2, 0.25) is 5.02 Å². The van der Waals surface area contributed by atoms with Gasteiger partial charge in [-0.3, -0.25) is 14.3 Å². The lowest BCUT2D eigenvalue weighted by atomic mass is 10.1. The SMILES string of the molecule is CC(Cc1ccccn1)n1cnc2cccc(Cl)c2c1=O. The Balaban J connectivity index is 2.03. The average molecular weight is 300 g/mol. The Morgan fingerprint density at radius 3 is 2.81 bits per heavy atom. The molecule has 0 aliphatic heterocycles. The molecule has 1 unspecified atom stereocenters. The molecular weight excluding hydrogens is 286 g/mol. The van der Waals surface area contributed by atoms with Crippen LogP contribution in [-0.2, 0) is 6.42 Å². The molecule has 0 saturated heterocycles. The maximum Gasteiger partial charge on any atom is 0.262 e. The minimum absolute atomic E-state index is 0.0411. The quantitative estimate of drug-likeness (QED) is 0.746. The molecule has 2 heterocycles. The van der Waals surface area contributed by atoms with Crippen molar-refractivity contribution in [2.75, 3.05) is 0 Å². The third kappa shape index (κ3) is 2.67. The van der Waals surface area contributed by atoms with Gasteiger partial charge in [-0.1, -0.05) is 23.7 Å². The zero-order valence-electron chi connectivity index (χ0n) is 11.5. The van der Waals surface area contributed by atoms with Crippen molar-refractivity contribution in [3.05, 3.63) is 70.0 Å². The fourth-order valence-corrected chi connectivity index (χ4v) is 2.62. The van der Waals surface area contributed by atoms with Gasteiger partial charge in [-0.15, -0.1) is 0 Å². The van der Waals surface area contributed by atoms with Gasteiger partial charge in [0, 0.05) is 24.4 Å². The van der Waals surface area contributed by atoms with Gasteiger partial charge in [0.15, 0.2) is 0 Å². The van der Waals surface area contributed by atoms with E-state index in [4.69, 9.17) is 11.6 Å². The van der Waals surface area contributed by atoms with Gasteiger partial charge in [-0.05, 0) is 31.2 Å². The topological polar surface area (TPSA) is 47.8 Å². The van der Waals surface area contributed by atoms with Crippen LogP contribution in [0.1, 0.15) is 18.7 Å². The maximum absolute atomic E-state index is 12.6. The van der Waals surface area contributed by atoms with E-state index in [1.165, 1.54) is 0 Å². The summed E-state index contributed by atoms with van der Waals surface area (Å²) >= 11 is 6.13. The first-order valence-electron chi connectivity index (χ1n) is 6.72. The highest BCUT2D eigenvalue weighted by Gasteiger charge is 2.13. The summed E-state index contributed by atoms with van der Waals surface area (Å²) in [6.07, 6.45) is 3.99. The molecule has 0 radical (unpaired) electrons. The summed E-state index contributed by atoms with van der Waals surface area (Å²) in [4.78, 5) is 21.2. The first-order valence-corrected chi connectivity index (χ1v) is 7.10. The van der Waals surface area contributed by atoms with Crippen molar-refractivity contribution in [1.29, 1.82) is 0 Å². The van der Waals surface area contributed by atoms with E-state index in [1.807, 2.05) is 25.1 Å². The number of aromatic nitrogens is 3. The molecule has 3 rings (SSSR count). The fourth-order valence-electron chi connectivity index (χ4n) is 2.37. The van der Waals surface area contributed by atoms with Crippen LogP contribution in [0.15, 0.2) is 53.7 Å².